The van der Waals surface area contributed by atoms with Crippen LogP contribution < -0.4 is 0 Å². The van der Waals surface area contributed by atoms with Crippen molar-refractivity contribution in [1.82, 2.24) is 0 Å². The molecule has 1 unspecified atom stereocenters. The third kappa shape index (κ3) is 2.07. The molecule has 0 saturated carbocycles. The molecule has 0 aromatic carbocycles. The van der Waals surface area contributed by atoms with Crippen LogP contribution in [0.25, 0.3) is 0 Å². The molecule has 0 nitrogen and oxygen atoms in total. The summed E-state index contributed by atoms with van der Waals surface area (Å²) in [6, 6.07) is 0. The molecule has 15 heavy (non-hydrogen) atoms. The van der Waals surface area contributed by atoms with Crippen molar-refractivity contribution >= 4 is 9.24 Å². The van der Waals surface area contributed by atoms with Gasteiger partial charge in [0.15, 0.2) is 0 Å². The van der Waals surface area contributed by atoms with Crippen molar-refractivity contribution in [3.05, 3.63) is 24.3 Å². The Balaban J connectivity index is 3.19. The monoisotopic (exact) mass is 224 g/mol. The van der Waals surface area contributed by atoms with Gasteiger partial charge in [-0.3, -0.25) is 0 Å². The van der Waals surface area contributed by atoms with Crippen molar-refractivity contribution < 1.29 is 0 Å². The van der Waals surface area contributed by atoms with Gasteiger partial charge in [-0.05, 0) is 10.8 Å². The van der Waals surface area contributed by atoms with E-state index in [4.69, 9.17) is 0 Å². The van der Waals surface area contributed by atoms with Crippen LogP contribution in [0.5, 0.6) is 0 Å². The lowest BCUT2D eigenvalue weighted by Crippen LogP contribution is -2.52. The number of hydrogen-bond acceptors (Lipinski definition) is 0. The fourth-order valence-electron chi connectivity index (χ4n) is 2.86. The molecule has 1 aliphatic rings. The topological polar surface area (TPSA) is 0 Å². The molecule has 0 saturated heterocycles. The van der Waals surface area contributed by atoms with Gasteiger partial charge >= 0.3 is 0 Å². The standard InChI is InChI=1S/C14H25P/c1-12(2,3)14(15,13(4,5)6)11-9-7-8-10-11/h7-11H,15H2,1-6H3. The van der Waals surface area contributed by atoms with Gasteiger partial charge in [0.2, 0.25) is 0 Å². The summed E-state index contributed by atoms with van der Waals surface area (Å²) in [6.07, 6.45) is 8.98. The van der Waals surface area contributed by atoms with Gasteiger partial charge < -0.3 is 0 Å². The molecule has 1 rings (SSSR count). The molecule has 0 aromatic heterocycles. The first-order valence-electron chi connectivity index (χ1n) is 5.74. The molecule has 0 amide bonds. The molecule has 1 aliphatic carbocycles. The van der Waals surface area contributed by atoms with Crippen LogP contribution in [0.3, 0.4) is 0 Å². The zero-order valence-electron chi connectivity index (χ0n) is 11.0. The van der Waals surface area contributed by atoms with E-state index in [9.17, 15) is 0 Å². The van der Waals surface area contributed by atoms with Crippen LogP contribution in [0.2, 0.25) is 0 Å². The average molecular weight is 224 g/mol. The highest BCUT2D eigenvalue weighted by atomic mass is 31.0. The lowest BCUT2D eigenvalue weighted by Gasteiger charge is -2.54. The molecule has 0 fully saturated rings. The summed E-state index contributed by atoms with van der Waals surface area (Å²) in [4.78, 5) is 0. The van der Waals surface area contributed by atoms with E-state index in [1.54, 1.807) is 0 Å². The molecule has 1 atom stereocenters. The second-order valence-electron chi connectivity index (χ2n) is 6.66. The van der Waals surface area contributed by atoms with Crippen molar-refractivity contribution in [2.45, 2.75) is 46.7 Å². The number of allylic oxidation sites excluding steroid dienone is 4. The Morgan fingerprint density at radius 1 is 0.800 bits per heavy atom. The Bertz CT molecular complexity index is 257. The highest BCUT2D eigenvalue weighted by molar-refractivity contribution is 7.19. The predicted molar refractivity (Wildman–Crippen MR) is 73.1 cm³/mol. The predicted octanol–water partition coefficient (Wildman–Crippen LogP) is 4.43. The van der Waals surface area contributed by atoms with Crippen LogP contribution in [-0.4, -0.2) is 5.16 Å². The molecule has 0 heterocycles. The third-order valence-corrected chi connectivity index (χ3v) is 5.87. The smallest absolute Gasteiger partial charge is 0.00537 e. The first kappa shape index (κ1) is 13.0. The molecule has 0 radical (unpaired) electrons. The first-order chi connectivity index (χ1) is 6.61. The van der Waals surface area contributed by atoms with Crippen molar-refractivity contribution in [1.29, 1.82) is 0 Å². The fourth-order valence-corrected chi connectivity index (χ4v) is 3.08. The van der Waals surface area contributed by atoms with Gasteiger partial charge in [0.05, 0.1) is 0 Å². The summed E-state index contributed by atoms with van der Waals surface area (Å²) in [7, 11) is 3.15. The zero-order valence-corrected chi connectivity index (χ0v) is 12.1. The van der Waals surface area contributed by atoms with Crippen molar-refractivity contribution in [3.8, 4) is 0 Å². The summed E-state index contributed by atoms with van der Waals surface area (Å²) in [5, 5.41) is 0.198. The maximum atomic E-state index is 3.15. The minimum absolute atomic E-state index is 0.198. The Morgan fingerprint density at radius 3 is 1.40 bits per heavy atom. The number of rotatable bonds is 1. The third-order valence-electron chi connectivity index (χ3n) is 3.76. The van der Waals surface area contributed by atoms with Gasteiger partial charge in [-0.1, -0.05) is 65.8 Å². The van der Waals surface area contributed by atoms with Gasteiger partial charge in [0, 0.05) is 11.1 Å². The minimum Gasteiger partial charge on any atom is -0.129 e. The SMILES string of the molecule is CC(C)(C)C(P)(C1C=CC=C1)C(C)(C)C. The summed E-state index contributed by atoms with van der Waals surface area (Å²) in [5.74, 6) is 0.530. The van der Waals surface area contributed by atoms with Crippen molar-refractivity contribution in [2.75, 3.05) is 0 Å². The van der Waals surface area contributed by atoms with Crippen LogP contribution in [0.15, 0.2) is 24.3 Å². The Morgan fingerprint density at radius 2 is 1.13 bits per heavy atom. The van der Waals surface area contributed by atoms with E-state index < -0.39 is 0 Å². The summed E-state index contributed by atoms with van der Waals surface area (Å²) in [6.45, 7) is 14.0. The Kier molecular flexibility index (Phi) is 3.23. The lowest BCUT2D eigenvalue weighted by atomic mass is 9.60. The normalized spacial score (nSPS) is 18.9. The quantitative estimate of drug-likeness (QED) is 0.578. The fraction of sp³-hybridized carbons (Fsp3) is 0.714. The summed E-state index contributed by atoms with van der Waals surface area (Å²) in [5.41, 5.74) is 0.527. The van der Waals surface area contributed by atoms with Gasteiger partial charge in [0.25, 0.3) is 0 Å². The van der Waals surface area contributed by atoms with Gasteiger partial charge in [0.1, 0.15) is 0 Å². The number of hydrogen-bond donors (Lipinski definition) is 0. The van der Waals surface area contributed by atoms with E-state index in [-0.39, 0.29) is 16.0 Å². The first-order valence-corrected chi connectivity index (χ1v) is 6.32. The lowest BCUT2D eigenvalue weighted by molar-refractivity contribution is 0.117. The molecule has 0 spiro atoms. The van der Waals surface area contributed by atoms with Crippen LogP contribution >= 0.6 is 9.24 Å². The molecule has 0 aliphatic heterocycles. The molecule has 0 bridgehead atoms. The molecular weight excluding hydrogens is 199 g/mol. The van der Waals surface area contributed by atoms with Gasteiger partial charge in [-0.15, -0.1) is 9.24 Å². The van der Waals surface area contributed by atoms with E-state index >= 15 is 0 Å². The highest BCUT2D eigenvalue weighted by Gasteiger charge is 2.50. The Labute approximate surface area is 97.4 Å². The zero-order chi connectivity index (χ0) is 11.9. The highest BCUT2D eigenvalue weighted by Crippen LogP contribution is 2.56. The minimum atomic E-state index is 0.198. The molecular formula is C14H25P. The van der Waals surface area contributed by atoms with E-state index in [1.165, 1.54) is 0 Å². The van der Waals surface area contributed by atoms with Gasteiger partial charge in [-0.25, -0.2) is 0 Å². The Hall–Kier alpha value is -0.0900. The van der Waals surface area contributed by atoms with Gasteiger partial charge in [-0.2, -0.15) is 0 Å². The largest absolute Gasteiger partial charge is 0.129 e. The second-order valence-corrected chi connectivity index (χ2v) is 7.58. The van der Waals surface area contributed by atoms with Crippen molar-refractivity contribution in [3.63, 3.8) is 0 Å². The van der Waals surface area contributed by atoms with Crippen LogP contribution in [0, 0.1) is 16.7 Å². The van der Waals surface area contributed by atoms with E-state index in [0.717, 1.165) is 0 Å². The van der Waals surface area contributed by atoms with Crippen LogP contribution in [0.4, 0.5) is 0 Å². The molecule has 1 heteroatoms. The van der Waals surface area contributed by atoms with E-state index in [2.05, 4.69) is 75.1 Å². The van der Waals surface area contributed by atoms with E-state index in [1.807, 2.05) is 0 Å². The maximum Gasteiger partial charge on any atom is 0.00537 e. The summed E-state index contributed by atoms with van der Waals surface area (Å²) >= 11 is 0. The molecule has 86 valence electrons. The summed E-state index contributed by atoms with van der Waals surface area (Å²) < 4.78 is 0. The second kappa shape index (κ2) is 3.74. The van der Waals surface area contributed by atoms with Crippen molar-refractivity contribution in [2.24, 2.45) is 16.7 Å². The molecule has 0 aromatic rings. The average Bonchev–Trinajstić information content (AvgIpc) is 2.49. The van der Waals surface area contributed by atoms with Crippen LogP contribution in [-0.2, 0) is 0 Å². The molecule has 0 N–H and O–H groups in total. The van der Waals surface area contributed by atoms with E-state index in [0.29, 0.717) is 5.92 Å². The van der Waals surface area contributed by atoms with Crippen LogP contribution in [0.1, 0.15) is 41.5 Å². The maximum absolute atomic E-state index is 3.15.